The molecule has 0 atom stereocenters. The molecular weight excluding hydrogens is 194 g/mol. The quantitative estimate of drug-likeness (QED) is 0.685. The Labute approximate surface area is 86.4 Å². The lowest BCUT2D eigenvalue weighted by Crippen LogP contribution is -2.17. The Hall–Kier alpha value is -1.91. The predicted molar refractivity (Wildman–Crippen MR) is 56.1 cm³/mol. The fourth-order valence-electron chi connectivity index (χ4n) is 1.47. The summed E-state index contributed by atoms with van der Waals surface area (Å²) in [7, 11) is 3.23. The van der Waals surface area contributed by atoms with Crippen molar-refractivity contribution in [1.82, 2.24) is 14.5 Å². The van der Waals surface area contributed by atoms with Gasteiger partial charge in [-0.3, -0.25) is 9.36 Å². The molecular formula is C10H11N3O2. The maximum atomic E-state index is 11.4. The van der Waals surface area contributed by atoms with Crippen molar-refractivity contribution in [1.29, 1.82) is 0 Å². The Morgan fingerprint density at radius 2 is 2.07 bits per heavy atom. The SMILES string of the molecule is COc1nc(C)nc2c1ccc(=O)n2C. The fourth-order valence-corrected chi connectivity index (χ4v) is 1.47. The van der Waals surface area contributed by atoms with E-state index in [1.165, 1.54) is 10.6 Å². The number of methoxy groups -OCH3 is 1. The van der Waals surface area contributed by atoms with Crippen molar-refractivity contribution in [3.63, 3.8) is 0 Å². The van der Waals surface area contributed by atoms with E-state index >= 15 is 0 Å². The lowest BCUT2D eigenvalue weighted by atomic mass is 10.3. The van der Waals surface area contributed by atoms with Crippen molar-refractivity contribution < 1.29 is 4.74 Å². The zero-order chi connectivity index (χ0) is 11.0. The van der Waals surface area contributed by atoms with Gasteiger partial charge in [-0.1, -0.05) is 0 Å². The average molecular weight is 205 g/mol. The molecule has 0 bridgehead atoms. The lowest BCUT2D eigenvalue weighted by Gasteiger charge is -2.07. The first-order valence-corrected chi connectivity index (χ1v) is 4.52. The van der Waals surface area contributed by atoms with Gasteiger partial charge in [-0.15, -0.1) is 0 Å². The highest BCUT2D eigenvalue weighted by Gasteiger charge is 2.08. The number of fused-ring (bicyclic) bond motifs is 1. The predicted octanol–water partition coefficient (Wildman–Crippen LogP) is 0.646. The molecule has 2 rings (SSSR count). The summed E-state index contributed by atoms with van der Waals surface area (Å²) in [5.74, 6) is 1.08. The van der Waals surface area contributed by atoms with E-state index in [2.05, 4.69) is 9.97 Å². The largest absolute Gasteiger partial charge is 0.480 e. The first kappa shape index (κ1) is 9.64. The zero-order valence-electron chi connectivity index (χ0n) is 8.81. The zero-order valence-corrected chi connectivity index (χ0v) is 8.81. The Morgan fingerprint density at radius 1 is 1.33 bits per heavy atom. The Kier molecular flexibility index (Phi) is 2.15. The Balaban J connectivity index is 2.96. The normalized spacial score (nSPS) is 10.6. The van der Waals surface area contributed by atoms with Gasteiger partial charge in [0.15, 0.2) is 0 Å². The molecule has 78 valence electrons. The highest BCUT2D eigenvalue weighted by molar-refractivity contribution is 5.80. The monoisotopic (exact) mass is 205 g/mol. The van der Waals surface area contributed by atoms with E-state index in [0.29, 0.717) is 17.4 Å². The number of hydrogen-bond acceptors (Lipinski definition) is 4. The molecule has 15 heavy (non-hydrogen) atoms. The van der Waals surface area contributed by atoms with Crippen LogP contribution in [-0.2, 0) is 7.05 Å². The molecule has 0 aromatic carbocycles. The van der Waals surface area contributed by atoms with Gasteiger partial charge in [0.25, 0.3) is 5.56 Å². The van der Waals surface area contributed by atoms with E-state index in [9.17, 15) is 4.79 Å². The third-order valence-electron chi connectivity index (χ3n) is 2.24. The molecule has 0 saturated carbocycles. The van der Waals surface area contributed by atoms with Crippen LogP contribution in [0.3, 0.4) is 0 Å². The molecule has 0 aliphatic rings. The van der Waals surface area contributed by atoms with Gasteiger partial charge < -0.3 is 4.74 Å². The molecule has 0 aliphatic carbocycles. The number of aromatic nitrogens is 3. The number of rotatable bonds is 1. The van der Waals surface area contributed by atoms with Gasteiger partial charge in [-0.2, -0.15) is 4.98 Å². The van der Waals surface area contributed by atoms with Gasteiger partial charge in [-0.05, 0) is 13.0 Å². The van der Waals surface area contributed by atoms with Gasteiger partial charge >= 0.3 is 0 Å². The number of pyridine rings is 1. The molecule has 2 aromatic rings. The van der Waals surface area contributed by atoms with Crippen LogP contribution in [0.1, 0.15) is 5.82 Å². The summed E-state index contributed by atoms with van der Waals surface area (Å²) in [4.78, 5) is 19.8. The highest BCUT2D eigenvalue weighted by Crippen LogP contribution is 2.19. The van der Waals surface area contributed by atoms with E-state index in [-0.39, 0.29) is 5.56 Å². The summed E-state index contributed by atoms with van der Waals surface area (Å²) in [6.07, 6.45) is 0. The smallest absolute Gasteiger partial charge is 0.251 e. The number of hydrogen-bond donors (Lipinski definition) is 0. The molecule has 2 heterocycles. The third-order valence-corrected chi connectivity index (χ3v) is 2.24. The summed E-state index contributed by atoms with van der Waals surface area (Å²) < 4.78 is 6.62. The topological polar surface area (TPSA) is 57.0 Å². The second-order valence-corrected chi connectivity index (χ2v) is 3.25. The molecule has 0 amide bonds. The minimum Gasteiger partial charge on any atom is -0.480 e. The first-order chi connectivity index (χ1) is 7.13. The van der Waals surface area contributed by atoms with Crippen LogP contribution in [-0.4, -0.2) is 21.6 Å². The number of ether oxygens (including phenoxy) is 1. The lowest BCUT2D eigenvalue weighted by molar-refractivity contribution is 0.401. The van der Waals surface area contributed by atoms with Crippen LogP contribution in [0.4, 0.5) is 0 Å². The van der Waals surface area contributed by atoms with Crippen molar-refractivity contribution in [3.8, 4) is 5.88 Å². The summed E-state index contributed by atoms with van der Waals surface area (Å²) in [6, 6.07) is 3.15. The maximum absolute atomic E-state index is 11.4. The van der Waals surface area contributed by atoms with Gasteiger partial charge in [0, 0.05) is 13.1 Å². The minimum atomic E-state index is -0.0948. The van der Waals surface area contributed by atoms with Crippen molar-refractivity contribution in [2.24, 2.45) is 7.05 Å². The van der Waals surface area contributed by atoms with E-state index < -0.39 is 0 Å². The molecule has 0 saturated heterocycles. The van der Waals surface area contributed by atoms with Crippen molar-refractivity contribution >= 4 is 11.0 Å². The van der Waals surface area contributed by atoms with Crippen molar-refractivity contribution in [2.45, 2.75) is 6.92 Å². The van der Waals surface area contributed by atoms with Crippen molar-refractivity contribution in [3.05, 3.63) is 28.3 Å². The van der Waals surface area contributed by atoms with Gasteiger partial charge in [0.05, 0.1) is 12.5 Å². The fraction of sp³-hybridized carbons (Fsp3) is 0.300. The van der Waals surface area contributed by atoms with Crippen LogP contribution >= 0.6 is 0 Å². The van der Waals surface area contributed by atoms with Crippen LogP contribution in [0, 0.1) is 6.92 Å². The minimum absolute atomic E-state index is 0.0948. The third kappa shape index (κ3) is 1.45. The summed E-state index contributed by atoms with van der Waals surface area (Å²) in [6.45, 7) is 1.76. The Morgan fingerprint density at radius 3 is 2.73 bits per heavy atom. The first-order valence-electron chi connectivity index (χ1n) is 4.52. The van der Waals surface area contributed by atoms with Crippen LogP contribution in [0.25, 0.3) is 11.0 Å². The molecule has 0 N–H and O–H groups in total. The molecule has 2 aromatic heterocycles. The second-order valence-electron chi connectivity index (χ2n) is 3.25. The van der Waals surface area contributed by atoms with Crippen LogP contribution in [0.2, 0.25) is 0 Å². The number of nitrogens with zero attached hydrogens (tertiary/aromatic N) is 3. The highest BCUT2D eigenvalue weighted by atomic mass is 16.5. The molecule has 0 aliphatic heterocycles. The van der Waals surface area contributed by atoms with Crippen LogP contribution in [0.15, 0.2) is 16.9 Å². The average Bonchev–Trinajstić information content (AvgIpc) is 2.23. The van der Waals surface area contributed by atoms with E-state index in [4.69, 9.17) is 4.74 Å². The molecule has 0 radical (unpaired) electrons. The van der Waals surface area contributed by atoms with Crippen LogP contribution < -0.4 is 10.3 Å². The molecule has 5 heteroatoms. The van der Waals surface area contributed by atoms with E-state index in [0.717, 1.165) is 5.39 Å². The van der Waals surface area contributed by atoms with E-state index in [1.54, 1.807) is 27.1 Å². The maximum Gasteiger partial charge on any atom is 0.251 e. The van der Waals surface area contributed by atoms with E-state index in [1.807, 2.05) is 0 Å². The molecule has 0 spiro atoms. The number of aryl methyl sites for hydroxylation is 2. The van der Waals surface area contributed by atoms with Gasteiger partial charge in [0.1, 0.15) is 11.5 Å². The molecule has 0 fully saturated rings. The van der Waals surface area contributed by atoms with Crippen LogP contribution in [0.5, 0.6) is 5.88 Å². The second kappa shape index (κ2) is 3.34. The Bertz CT molecular complexity index is 575. The van der Waals surface area contributed by atoms with Gasteiger partial charge in [-0.25, -0.2) is 4.98 Å². The van der Waals surface area contributed by atoms with Crippen molar-refractivity contribution in [2.75, 3.05) is 7.11 Å². The summed E-state index contributed by atoms with van der Waals surface area (Å²) >= 11 is 0. The molecule has 5 nitrogen and oxygen atoms in total. The van der Waals surface area contributed by atoms with Gasteiger partial charge in [0.2, 0.25) is 5.88 Å². The molecule has 0 unspecified atom stereocenters. The standard InChI is InChI=1S/C10H11N3O2/c1-6-11-9-7(10(12-6)15-3)4-5-8(14)13(9)2/h4-5H,1-3H3. The summed E-state index contributed by atoms with van der Waals surface area (Å²) in [5, 5.41) is 0.741. The summed E-state index contributed by atoms with van der Waals surface area (Å²) in [5.41, 5.74) is 0.495.